The average Bonchev–Trinajstić information content (AvgIpc) is 2.73. The van der Waals surface area contributed by atoms with Crippen molar-refractivity contribution in [3.05, 3.63) is 54.6 Å². The van der Waals surface area contributed by atoms with Gasteiger partial charge in [-0.1, -0.05) is 18.2 Å². The first-order chi connectivity index (χ1) is 13.2. The van der Waals surface area contributed by atoms with Crippen LogP contribution in [0.25, 0.3) is 0 Å². The molecule has 0 radical (unpaired) electrons. The summed E-state index contributed by atoms with van der Waals surface area (Å²) in [5.41, 5.74) is 0. The maximum Gasteiger partial charge on any atom is 0.173 e. The van der Waals surface area contributed by atoms with Crippen molar-refractivity contribution in [3.8, 4) is 17.2 Å². The van der Waals surface area contributed by atoms with Gasteiger partial charge in [0.1, 0.15) is 17.2 Å². The van der Waals surface area contributed by atoms with Gasteiger partial charge in [-0.3, -0.25) is 0 Å². The van der Waals surface area contributed by atoms with E-state index in [0.29, 0.717) is 0 Å². The van der Waals surface area contributed by atoms with Gasteiger partial charge in [0.25, 0.3) is 0 Å². The second-order valence-corrected chi connectivity index (χ2v) is 11.1. The molecule has 6 rings (SSSR count). The molecule has 0 N–H and O–H groups in total. The molecule has 4 nitrogen and oxygen atoms in total. The van der Waals surface area contributed by atoms with E-state index >= 15 is 0 Å². The van der Waals surface area contributed by atoms with Crippen molar-refractivity contribution in [1.82, 2.24) is 0 Å². The zero-order chi connectivity index (χ0) is 18.8. The number of rotatable bonds is 3. The molecule has 2 bridgehead atoms. The van der Waals surface area contributed by atoms with Gasteiger partial charge < -0.3 is 18.8 Å². The SMILES string of the molecule is COc1cccc2c1P1c3c(OC)cccc3P2(=O)c2cccc(OC)c21. The topological polar surface area (TPSA) is 44.8 Å². The van der Waals surface area contributed by atoms with Crippen LogP contribution in [-0.4, -0.2) is 21.3 Å². The quantitative estimate of drug-likeness (QED) is 0.436. The van der Waals surface area contributed by atoms with Crippen LogP contribution in [0.15, 0.2) is 54.6 Å². The third-order valence-corrected chi connectivity index (χ3v) is 11.7. The number of benzene rings is 3. The second-order valence-electron chi connectivity index (χ2n) is 6.43. The van der Waals surface area contributed by atoms with Crippen LogP contribution in [0.4, 0.5) is 0 Å². The average molecular weight is 396 g/mol. The van der Waals surface area contributed by atoms with E-state index in [0.717, 1.165) is 49.1 Å². The fourth-order valence-electron chi connectivity index (χ4n) is 4.19. The molecule has 3 aromatic rings. The Morgan fingerprint density at radius 1 is 0.630 bits per heavy atom. The zero-order valence-electron chi connectivity index (χ0n) is 15.2. The molecular weight excluding hydrogens is 378 g/mol. The van der Waals surface area contributed by atoms with Crippen LogP contribution in [0.5, 0.6) is 17.2 Å². The third-order valence-electron chi connectivity index (χ3n) is 5.28. The summed E-state index contributed by atoms with van der Waals surface area (Å²) in [7, 11) is 0.937. The molecule has 0 spiro atoms. The minimum Gasteiger partial charge on any atom is -0.496 e. The van der Waals surface area contributed by atoms with Gasteiger partial charge in [-0.15, -0.1) is 0 Å². The highest BCUT2D eigenvalue weighted by Gasteiger charge is 2.52. The molecule has 0 amide bonds. The molecule has 3 aliphatic heterocycles. The molecule has 0 saturated heterocycles. The molecule has 0 aliphatic carbocycles. The molecule has 0 saturated carbocycles. The van der Waals surface area contributed by atoms with Crippen LogP contribution in [0.1, 0.15) is 0 Å². The Morgan fingerprint density at radius 2 is 0.963 bits per heavy atom. The lowest BCUT2D eigenvalue weighted by Gasteiger charge is -2.43. The molecule has 0 aromatic heterocycles. The second kappa shape index (κ2) is 5.86. The Labute approximate surface area is 159 Å². The highest BCUT2D eigenvalue weighted by atomic mass is 31.2. The smallest absolute Gasteiger partial charge is 0.173 e. The summed E-state index contributed by atoms with van der Waals surface area (Å²) in [5.74, 6) is 2.31. The highest BCUT2D eigenvalue weighted by molar-refractivity contribution is 7.98. The van der Waals surface area contributed by atoms with Gasteiger partial charge in [-0.2, -0.15) is 0 Å². The van der Waals surface area contributed by atoms with Gasteiger partial charge in [-0.25, -0.2) is 0 Å². The van der Waals surface area contributed by atoms with Crippen LogP contribution >= 0.6 is 15.1 Å². The summed E-state index contributed by atoms with van der Waals surface area (Å²) < 4.78 is 31.9. The van der Waals surface area contributed by atoms with Gasteiger partial charge in [0.2, 0.25) is 0 Å². The normalized spacial score (nSPS) is 21.1. The third kappa shape index (κ3) is 1.95. The Bertz CT molecular complexity index is 998. The number of hydrogen-bond acceptors (Lipinski definition) is 4. The van der Waals surface area contributed by atoms with Crippen molar-refractivity contribution in [1.29, 1.82) is 0 Å². The molecule has 3 heterocycles. The maximum absolute atomic E-state index is 14.8. The largest absolute Gasteiger partial charge is 0.496 e. The van der Waals surface area contributed by atoms with E-state index in [9.17, 15) is 4.57 Å². The first-order valence-corrected chi connectivity index (χ1v) is 11.6. The molecular formula is C21H18O4P2. The standard InChI is InChI=1S/C21H18O4P2/c1-23-13-7-4-10-16-19(13)26-20-14(24-2)8-5-11-17(20)27(16,22)18-12-6-9-15(25-3)21(18)26/h4-12H,1-3H3. The van der Waals surface area contributed by atoms with E-state index in [-0.39, 0.29) is 0 Å². The Kier molecular flexibility index (Phi) is 3.66. The van der Waals surface area contributed by atoms with Gasteiger partial charge in [0.05, 0.1) is 21.3 Å². The number of hydrogen-bond donors (Lipinski definition) is 0. The zero-order valence-corrected chi connectivity index (χ0v) is 17.0. The lowest BCUT2D eigenvalue weighted by Crippen LogP contribution is -2.56. The summed E-state index contributed by atoms with van der Waals surface area (Å²) in [6.07, 6.45) is 0. The van der Waals surface area contributed by atoms with E-state index in [1.165, 1.54) is 0 Å². The lowest BCUT2D eigenvalue weighted by atomic mass is 10.3. The minimum atomic E-state index is -3.04. The van der Waals surface area contributed by atoms with Gasteiger partial charge in [0.15, 0.2) is 7.14 Å². The van der Waals surface area contributed by atoms with E-state index in [4.69, 9.17) is 14.2 Å². The van der Waals surface area contributed by atoms with Crippen molar-refractivity contribution < 1.29 is 18.8 Å². The predicted octanol–water partition coefficient (Wildman–Crippen LogP) is 1.74. The van der Waals surface area contributed by atoms with E-state index < -0.39 is 15.1 Å². The minimum absolute atomic E-state index is 0.770. The highest BCUT2D eigenvalue weighted by Crippen LogP contribution is 2.58. The maximum atomic E-state index is 14.8. The molecule has 136 valence electrons. The van der Waals surface area contributed by atoms with Crippen LogP contribution in [0.2, 0.25) is 0 Å². The Morgan fingerprint density at radius 3 is 1.26 bits per heavy atom. The summed E-state index contributed by atoms with van der Waals surface area (Å²) in [6, 6.07) is 17.6. The van der Waals surface area contributed by atoms with Gasteiger partial charge in [0, 0.05) is 39.7 Å². The predicted molar refractivity (Wildman–Crippen MR) is 111 cm³/mol. The fraction of sp³-hybridized carbons (Fsp3) is 0.143. The lowest BCUT2D eigenvalue weighted by molar-refractivity contribution is 0.417. The summed E-state index contributed by atoms with van der Waals surface area (Å²) >= 11 is 0. The first-order valence-electron chi connectivity index (χ1n) is 8.59. The fourth-order valence-corrected chi connectivity index (χ4v) is 12.0. The molecule has 0 unspecified atom stereocenters. The van der Waals surface area contributed by atoms with Crippen molar-refractivity contribution >= 4 is 46.9 Å². The van der Waals surface area contributed by atoms with Gasteiger partial charge in [-0.05, 0) is 36.4 Å². The van der Waals surface area contributed by atoms with E-state index in [1.807, 2.05) is 54.6 Å². The molecule has 27 heavy (non-hydrogen) atoms. The molecule has 6 heteroatoms. The van der Waals surface area contributed by atoms with E-state index in [1.54, 1.807) is 21.3 Å². The number of methoxy groups -OCH3 is 3. The Balaban J connectivity index is 2.01. The van der Waals surface area contributed by atoms with Crippen LogP contribution in [0.3, 0.4) is 0 Å². The van der Waals surface area contributed by atoms with Crippen molar-refractivity contribution in [3.63, 3.8) is 0 Å². The summed E-state index contributed by atoms with van der Waals surface area (Å²) in [4.78, 5) is 0. The van der Waals surface area contributed by atoms with Gasteiger partial charge >= 0.3 is 0 Å². The molecule has 0 atom stereocenters. The van der Waals surface area contributed by atoms with Crippen LogP contribution in [0, 0.1) is 0 Å². The molecule has 3 aliphatic rings. The molecule has 3 aromatic carbocycles. The first kappa shape index (κ1) is 16.9. The van der Waals surface area contributed by atoms with Crippen molar-refractivity contribution in [2.45, 2.75) is 0 Å². The van der Waals surface area contributed by atoms with Crippen LogP contribution in [-0.2, 0) is 4.57 Å². The Hall–Kier alpha value is -2.28. The monoisotopic (exact) mass is 396 g/mol. The van der Waals surface area contributed by atoms with Crippen LogP contribution < -0.4 is 46.0 Å². The van der Waals surface area contributed by atoms with Crippen molar-refractivity contribution in [2.75, 3.05) is 21.3 Å². The molecule has 0 fully saturated rings. The summed E-state index contributed by atoms with van der Waals surface area (Å²) in [6.45, 7) is 0. The van der Waals surface area contributed by atoms with E-state index in [2.05, 4.69) is 0 Å². The summed E-state index contributed by atoms with van der Waals surface area (Å²) in [5, 5.41) is 5.71. The number of ether oxygens (including phenoxy) is 3. The van der Waals surface area contributed by atoms with Crippen molar-refractivity contribution in [2.24, 2.45) is 0 Å².